The molecule has 1 amide bonds. The normalized spacial score (nSPS) is 19.4. The molecule has 0 atom stereocenters. The first-order chi connectivity index (χ1) is 12.3. The highest BCUT2D eigenvalue weighted by molar-refractivity contribution is 5.99. The molecule has 25 heavy (non-hydrogen) atoms. The second kappa shape index (κ2) is 5.76. The summed E-state index contributed by atoms with van der Waals surface area (Å²) in [5.74, 6) is 0.733. The van der Waals surface area contributed by atoms with E-state index in [0.29, 0.717) is 12.3 Å². The van der Waals surface area contributed by atoms with Gasteiger partial charge in [0.05, 0.1) is 6.42 Å². The van der Waals surface area contributed by atoms with Crippen LogP contribution in [0.3, 0.4) is 0 Å². The molecule has 1 N–H and O–H groups in total. The zero-order valence-electron chi connectivity index (χ0n) is 14.3. The number of likely N-dealkylation sites (tertiary alicyclic amines) is 1. The van der Waals surface area contributed by atoms with Gasteiger partial charge in [-0.1, -0.05) is 36.4 Å². The largest absolute Gasteiger partial charge is 0.374 e. The van der Waals surface area contributed by atoms with Crippen LogP contribution >= 0.6 is 0 Å². The Labute approximate surface area is 148 Å². The molecular weight excluding hydrogens is 308 g/mol. The monoisotopic (exact) mass is 330 g/mol. The molecule has 3 aliphatic rings. The van der Waals surface area contributed by atoms with E-state index in [1.807, 2.05) is 0 Å². The van der Waals surface area contributed by atoms with Crippen molar-refractivity contribution in [1.82, 2.24) is 4.90 Å². The third kappa shape index (κ3) is 2.64. The Balaban J connectivity index is 1.27. The molecule has 5 rings (SSSR count). The third-order valence-corrected chi connectivity index (χ3v) is 5.88. The zero-order valence-corrected chi connectivity index (χ0v) is 14.3. The summed E-state index contributed by atoms with van der Waals surface area (Å²) in [4.78, 5) is 14.1. The van der Waals surface area contributed by atoms with Gasteiger partial charge in [-0.05, 0) is 53.2 Å². The molecule has 1 saturated heterocycles. The standard InChI is InChI=1S/C22H22N2O/c25-22-14-19-11-18(5-6-21(19)23-22)15-7-9-24(10-8-15)20-12-16-3-1-2-4-17(16)13-20/h1-6,11-12,15H,7-10,13-14H2,(H,23,25). The molecule has 2 aromatic carbocycles. The molecule has 0 spiro atoms. The summed E-state index contributed by atoms with van der Waals surface area (Å²) in [5.41, 5.74) is 7.88. The summed E-state index contributed by atoms with van der Waals surface area (Å²) in [6, 6.07) is 15.2. The second-order valence-corrected chi connectivity index (χ2v) is 7.41. The molecule has 0 saturated carbocycles. The molecule has 3 nitrogen and oxygen atoms in total. The Morgan fingerprint density at radius 2 is 1.80 bits per heavy atom. The molecule has 1 aliphatic carbocycles. The van der Waals surface area contributed by atoms with Crippen LogP contribution in [0.1, 0.15) is 41.0 Å². The summed E-state index contributed by atoms with van der Waals surface area (Å²) in [7, 11) is 0. The third-order valence-electron chi connectivity index (χ3n) is 5.88. The minimum atomic E-state index is 0.120. The molecule has 0 aromatic heterocycles. The molecule has 0 radical (unpaired) electrons. The summed E-state index contributed by atoms with van der Waals surface area (Å²) >= 11 is 0. The Hall–Kier alpha value is -2.55. The first-order valence-electron chi connectivity index (χ1n) is 9.22. The van der Waals surface area contributed by atoms with Gasteiger partial charge in [0, 0.05) is 30.9 Å². The number of anilines is 1. The molecule has 1 fully saturated rings. The van der Waals surface area contributed by atoms with Crippen LogP contribution in [-0.4, -0.2) is 23.9 Å². The van der Waals surface area contributed by atoms with E-state index in [0.717, 1.165) is 25.2 Å². The van der Waals surface area contributed by atoms with Gasteiger partial charge in [0.15, 0.2) is 0 Å². The lowest BCUT2D eigenvalue weighted by atomic mass is 9.88. The van der Waals surface area contributed by atoms with Crippen molar-refractivity contribution in [3.63, 3.8) is 0 Å². The van der Waals surface area contributed by atoms with Crippen LogP contribution in [0, 0.1) is 0 Å². The first kappa shape index (κ1) is 14.8. The molecule has 0 bridgehead atoms. The molecule has 3 heteroatoms. The molecular formula is C22H22N2O. The number of nitrogens with zero attached hydrogens (tertiary/aromatic N) is 1. The Bertz CT molecular complexity index is 875. The fraction of sp³-hybridized carbons (Fsp3) is 0.318. The lowest BCUT2D eigenvalue weighted by molar-refractivity contribution is -0.115. The molecule has 0 unspecified atom stereocenters. The summed E-state index contributed by atoms with van der Waals surface area (Å²) in [6.45, 7) is 2.25. The number of hydrogen-bond donors (Lipinski definition) is 1. The maximum atomic E-state index is 11.5. The topological polar surface area (TPSA) is 32.3 Å². The number of nitrogens with one attached hydrogen (secondary N) is 1. The van der Waals surface area contributed by atoms with Crippen molar-refractivity contribution in [2.45, 2.75) is 31.6 Å². The van der Waals surface area contributed by atoms with Crippen LogP contribution in [0.5, 0.6) is 0 Å². The van der Waals surface area contributed by atoms with Gasteiger partial charge in [0.1, 0.15) is 0 Å². The van der Waals surface area contributed by atoms with E-state index in [1.165, 1.54) is 40.8 Å². The van der Waals surface area contributed by atoms with Crippen LogP contribution < -0.4 is 5.32 Å². The van der Waals surface area contributed by atoms with Crippen molar-refractivity contribution in [3.05, 3.63) is 70.4 Å². The fourth-order valence-electron chi connectivity index (χ4n) is 4.47. The van der Waals surface area contributed by atoms with Gasteiger partial charge in [-0.3, -0.25) is 4.79 Å². The Morgan fingerprint density at radius 3 is 2.64 bits per heavy atom. The Morgan fingerprint density at radius 1 is 0.960 bits per heavy atom. The van der Waals surface area contributed by atoms with Crippen molar-refractivity contribution in [2.75, 3.05) is 18.4 Å². The number of carbonyl (C=O) groups excluding carboxylic acids is 1. The van der Waals surface area contributed by atoms with E-state index in [-0.39, 0.29) is 5.91 Å². The van der Waals surface area contributed by atoms with Gasteiger partial charge in [0.2, 0.25) is 5.91 Å². The summed E-state index contributed by atoms with van der Waals surface area (Å²) in [6.07, 6.45) is 6.35. The minimum absolute atomic E-state index is 0.120. The smallest absolute Gasteiger partial charge is 0.228 e. The van der Waals surface area contributed by atoms with Crippen molar-refractivity contribution in [2.24, 2.45) is 0 Å². The van der Waals surface area contributed by atoms with E-state index in [9.17, 15) is 4.79 Å². The predicted molar refractivity (Wildman–Crippen MR) is 100 cm³/mol. The molecule has 2 aliphatic heterocycles. The van der Waals surface area contributed by atoms with E-state index in [1.54, 1.807) is 0 Å². The maximum absolute atomic E-state index is 11.5. The highest BCUT2D eigenvalue weighted by Gasteiger charge is 2.26. The lowest BCUT2D eigenvalue weighted by Gasteiger charge is -2.34. The minimum Gasteiger partial charge on any atom is -0.374 e. The first-order valence-corrected chi connectivity index (χ1v) is 9.22. The number of fused-ring (bicyclic) bond motifs is 2. The average molecular weight is 330 g/mol. The number of rotatable bonds is 2. The van der Waals surface area contributed by atoms with Gasteiger partial charge in [-0.25, -0.2) is 0 Å². The number of piperidine rings is 1. The van der Waals surface area contributed by atoms with Crippen LogP contribution in [-0.2, 0) is 17.6 Å². The number of amides is 1. The Kier molecular flexibility index (Phi) is 3.40. The number of carbonyl (C=O) groups is 1. The van der Waals surface area contributed by atoms with E-state index >= 15 is 0 Å². The average Bonchev–Trinajstić information content (AvgIpc) is 3.23. The highest BCUT2D eigenvalue weighted by atomic mass is 16.1. The fourth-order valence-corrected chi connectivity index (χ4v) is 4.47. The van der Waals surface area contributed by atoms with Crippen molar-refractivity contribution in [3.8, 4) is 0 Å². The van der Waals surface area contributed by atoms with Crippen LogP contribution in [0.25, 0.3) is 6.08 Å². The quantitative estimate of drug-likeness (QED) is 0.904. The molecule has 2 aromatic rings. The van der Waals surface area contributed by atoms with E-state index in [2.05, 4.69) is 58.8 Å². The second-order valence-electron chi connectivity index (χ2n) is 7.41. The van der Waals surface area contributed by atoms with E-state index < -0.39 is 0 Å². The van der Waals surface area contributed by atoms with Crippen LogP contribution in [0.15, 0.2) is 48.2 Å². The molecule has 126 valence electrons. The SMILES string of the molecule is O=C1Cc2cc(C3CCN(C4=Cc5ccccc5C4)CC3)ccc2N1. The van der Waals surface area contributed by atoms with Gasteiger partial charge in [-0.15, -0.1) is 0 Å². The van der Waals surface area contributed by atoms with Crippen LogP contribution in [0.4, 0.5) is 5.69 Å². The van der Waals surface area contributed by atoms with Crippen molar-refractivity contribution < 1.29 is 4.79 Å². The van der Waals surface area contributed by atoms with Crippen molar-refractivity contribution >= 4 is 17.7 Å². The maximum Gasteiger partial charge on any atom is 0.228 e. The lowest BCUT2D eigenvalue weighted by Crippen LogP contribution is -2.32. The summed E-state index contributed by atoms with van der Waals surface area (Å²) in [5, 5.41) is 2.93. The van der Waals surface area contributed by atoms with Gasteiger partial charge < -0.3 is 10.2 Å². The van der Waals surface area contributed by atoms with E-state index in [4.69, 9.17) is 0 Å². The zero-order chi connectivity index (χ0) is 16.8. The van der Waals surface area contributed by atoms with Gasteiger partial charge >= 0.3 is 0 Å². The number of allylic oxidation sites excluding steroid dienone is 1. The highest BCUT2D eigenvalue weighted by Crippen LogP contribution is 2.35. The number of benzene rings is 2. The predicted octanol–water partition coefficient (Wildman–Crippen LogP) is 3.96. The summed E-state index contributed by atoms with van der Waals surface area (Å²) < 4.78 is 0. The molecule has 2 heterocycles. The van der Waals surface area contributed by atoms with Crippen LogP contribution in [0.2, 0.25) is 0 Å². The van der Waals surface area contributed by atoms with Crippen molar-refractivity contribution in [1.29, 1.82) is 0 Å². The van der Waals surface area contributed by atoms with Gasteiger partial charge in [-0.2, -0.15) is 0 Å². The number of hydrogen-bond acceptors (Lipinski definition) is 2. The van der Waals surface area contributed by atoms with Gasteiger partial charge in [0.25, 0.3) is 0 Å².